The first-order valence-corrected chi connectivity index (χ1v) is 7.77. The van der Waals surface area contributed by atoms with E-state index in [0.717, 1.165) is 17.7 Å². The third-order valence-corrected chi connectivity index (χ3v) is 3.56. The summed E-state index contributed by atoms with van der Waals surface area (Å²) in [5.74, 6) is 0.675. The van der Waals surface area contributed by atoms with E-state index >= 15 is 0 Å². The van der Waals surface area contributed by atoms with Gasteiger partial charge in [-0.2, -0.15) is 0 Å². The van der Waals surface area contributed by atoms with E-state index in [1.807, 2.05) is 43.3 Å². The number of carbonyl (C=O) groups is 1. The van der Waals surface area contributed by atoms with Crippen LogP contribution in [0.25, 0.3) is 0 Å². The molecule has 0 aromatic heterocycles. The minimum Gasteiger partial charge on any atom is -0.494 e. The third kappa shape index (κ3) is 4.50. The molecule has 0 aliphatic heterocycles. The summed E-state index contributed by atoms with van der Waals surface area (Å²) in [5, 5.41) is 3.66. The lowest BCUT2D eigenvalue weighted by Crippen LogP contribution is -2.26. The van der Waals surface area contributed by atoms with Gasteiger partial charge in [-0.3, -0.25) is 4.79 Å². The largest absolute Gasteiger partial charge is 0.494 e. The fourth-order valence-electron chi connectivity index (χ4n) is 2.04. The van der Waals surface area contributed by atoms with E-state index in [1.54, 1.807) is 12.1 Å². The quantitative estimate of drug-likeness (QED) is 0.844. The van der Waals surface area contributed by atoms with Crippen molar-refractivity contribution in [3.8, 4) is 5.75 Å². The molecule has 0 spiro atoms. The minimum absolute atomic E-state index is 0.0826. The minimum atomic E-state index is -0.107. The molecule has 2 rings (SSSR count). The summed E-state index contributed by atoms with van der Waals surface area (Å²) in [7, 11) is 0. The van der Waals surface area contributed by atoms with Crippen LogP contribution in [0.2, 0.25) is 5.02 Å². The lowest BCUT2D eigenvalue weighted by molar-refractivity contribution is 0.0940. The van der Waals surface area contributed by atoms with Crippen molar-refractivity contribution in [3.63, 3.8) is 0 Å². The van der Waals surface area contributed by atoms with Crippen molar-refractivity contribution in [2.24, 2.45) is 0 Å². The summed E-state index contributed by atoms with van der Waals surface area (Å²) >= 11 is 5.87. The van der Waals surface area contributed by atoms with Gasteiger partial charge in [0.1, 0.15) is 5.75 Å². The van der Waals surface area contributed by atoms with Gasteiger partial charge in [0.25, 0.3) is 5.91 Å². The van der Waals surface area contributed by atoms with E-state index in [0.29, 0.717) is 17.2 Å². The van der Waals surface area contributed by atoms with Gasteiger partial charge in [0.05, 0.1) is 12.6 Å². The maximum Gasteiger partial charge on any atom is 0.251 e. The fourth-order valence-corrected chi connectivity index (χ4v) is 2.16. The number of amides is 1. The molecule has 4 heteroatoms. The maximum absolute atomic E-state index is 12.2. The number of hydrogen-bond donors (Lipinski definition) is 1. The number of hydrogen-bond acceptors (Lipinski definition) is 2. The fraction of sp³-hybridized carbons (Fsp3) is 0.278. The Morgan fingerprint density at radius 1 is 1.14 bits per heavy atom. The Labute approximate surface area is 136 Å². The van der Waals surface area contributed by atoms with E-state index in [-0.39, 0.29) is 11.9 Å². The number of carbonyl (C=O) groups excluding carboxylic acids is 1. The van der Waals surface area contributed by atoms with Crippen LogP contribution < -0.4 is 10.1 Å². The van der Waals surface area contributed by atoms with Crippen molar-refractivity contribution in [1.82, 2.24) is 5.32 Å². The molecule has 116 valence electrons. The van der Waals surface area contributed by atoms with Crippen LogP contribution in [0, 0.1) is 0 Å². The van der Waals surface area contributed by atoms with Gasteiger partial charge < -0.3 is 10.1 Å². The van der Waals surface area contributed by atoms with E-state index in [9.17, 15) is 4.79 Å². The maximum atomic E-state index is 12.2. The molecule has 22 heavy (non-hydrogen) atoms. The molecule has 1 amide bonds. The first-order valence-electron chi connectivity index (χ1n) is 7.39. The highest BCUT2D eigenvalue weighted by molar-refractivity contribution is 6.30. The Morgan fingerprint density at radius 2 is 1.77 bits per heavy atom. The summed E-state index contributed by atoms with van der Waals surface area (Å²) in [6.07, 6.45) is 0.959. The van der Waals surface area contributed by atoms with Crippen LogP contribution in [0.3, 0.4) is 0 Å². The highest BCUT2D eigenvalue weighted by Gasteiger charge is 2.11. The van der Waals surface area contributed by atoms with Crippen molar-refractivity contribution in [2.45, 2.75) is 26.3 Å². The van der Waals surface area contributed by atoms with Crippen LogP contribution in [-0.4, -0.2) is 12.5 Å². The van der Waals surface area contributed by atoms with Crippen LogP contribution in [-0.2, 0) is 0 Å². The van der Waals surface area contributed by atoms with Crippen molar-refractivity contribution < 1.29 is 9.53 Å². The summed E-state index contributed by atoms with van der Waals surface area (Å²) in [4.78, 5) is 12.2. The first kappa shape index (κ1) is 16.4. The number of benzene rings is 2. The molecule has 0 radical (unpaired) electrons. The highest BCUT2D eigenvalue weighted by atomic mass is 35.5. The number of rotatable bonds is 6. The van der Waals surface area contributed by atoms with Crippen molar-refractivity contribution in [2.75, 3.05) is 6.61 Å². The molecule has 2 aromatic rings. The molecular formula is C18H20ClNO2. The van der Waals surface area contributed by atoms with Gasteiger partial charge in [0.15, 0.2) is 0 Å². The molecule has 1 N–H and O–H groups in total. The van der Waals surface area contributed by atoms with E-state index < -0.39 is 0 Å². The predicted octanol–water partition coefficient (Wildman–Crippen LogP) is 4.62. The average Bonchev–Trinajstić information content (AvgIpc) is 2.54. The van der Waals surface area contributed by atoms with Crippen LogP contribution >= 0.6 is 11.6 Å². The smallest absolute Gasteiger partial charge is 0.251 e. The molecule has 0 bridgehead atoms. The molecule has 1 atom stereocenters. The lowest BCUT2D eigenvalue weighted by atomic mass is 10.1. The molecule has 0 unspecified atom stereocenters. The molecule has 0 saturated heterocycles. The van der Waals surface area contributed by atoms with Gasteiger partial charge in [0.2, 0.25) is 0 Å². The Kier molecular flexibility index (Phi) is 5.84. The van der Waals surface area contributed by atoms with Crippen LogP contribution in [0.5, 0.6) is 5.75 Å². The van der Waals surface area contributed by atoms with Crippen molar-refractivity contribution >= 4 is 17.5 Å². The molecule has 3 nitrogen and oxygen atoms in total. The van der Waals surface area contributed by atoms with Gasteiger partial charge in [-0.25, -0.2) is 0 Å². The summed E-state index contributed by atoms with van der Waals surface area (Å²) < 4.78 is 5.51. The number of halogens is 1. The SMILES string of the molecule is CCCOc1ccc(C(=O)N[C@H](C)c2ccc(Cl)cc2)cc1. The molecule has 0 heterocycles. The van der Waals surface area contributed by atoms with Crippen molar-refractivity contribution in [3.05, 3.63) is 64.7 Å². The van der Waals surface area contributed by atoms with Gasteiger partial charge in [-0.1, -0.05) is 30.7 Å². The zero-order valence-electron chi connectivity index (χ0n) is 12.8. The highest BCUT2D eigenvalue weighted by Crippen LogP contribution is 2.17. The lowest BCUT2D eigenvalue weighted by Gasteiger charge is -2.14. The molecule has 0 aliphatic rings. The summed E-state index contributed by atoms with van der Waals surface area (Å²) in [6, 6.07) is 14.6. The standard InChI is InChI=1S/C18H20ClNO2/c1-3-12-22-17-10-6-15(7-11-17)18(21)20-13(2)14-4-8-16(19)9-5-14/h4-11,13H,3,12H2,1-2H3,(H,20,21)/t13-/m1/s1. The Morgan fingerprint density at radius 3 is 2.36 bits per heavy atom. The summed E-state index contributed by atoms with van der Waals surface area (Å²) in [5.41, 5.74) is 1.63. The molecule has 2 aromatic carbocycles. The van der Waals surface area contributed by atoms with Gasteiger partial charge in [-0.15, -0.1) is 0 Å². The number of nitrogens with one attached hydrogen (secondary N) is 1. The van der Waals surface area contributed by atoms with Gasteiger partial charge in [0, 0.05) is 10.6 Å². The second-order valence-electron chi connectivity index (χ2n) is 5.12. The monoisotopic (exact) mass is 317 g/mol. The average molecular weight is 318 g/mol. The second-order valence-corrected chi connectivity index (χ2v) is 5.56. The Hall–Kier alpha value is -2.00. The molecular weight excluding hydrogens is 298 g/mol. The topological polar surface area (TPSA) is 38.3 Å². The van der Waals surface area contributed by atoms with Crippen LogP contribution in [0.1, 0.15) is 42.2 Å². The molecule has 0 aliphatic carbocycles. The van der Waals surface area contributed by atoms with E-state index in [1.165, 1.54) is 0 Å². The zero-order valence-corrected chi connectivity index (χ0v) is 13.6. The zero-order chi connectivity index (χ0) is 15.9. The molecule has 0 fully saturated rings. The predicted molar refractivity (Wildman–Crippen MR) is 89.6 cm³/mol. The number of ether oxygens (including phenoxy) is 1. The van der Waals surface area contributed by atoms with Crippen LogP contribution in [0.15, 0.2) is 48.5 Å². The summed E-state index contributed by atoms with van der Waals surface area (Å²) in [6.45, 7) is 4.68. The normalized spacial score (nSPS) is 11.8. The first-order chi connectivity index (χ1) is 10.6. The van der Waals surface area contributed by atoms with E-state index in [4.69, 9.17) is 16.3 Å². The second kappa shape index (κ2) is 7.85. The Bertz CT molecular complexity index is 608. The Balaban J connectivity index is 1.97. The van der Waals surface area contributed by atoms with Gasteiger partial charge in [-0.05, 0) is 55.3 Å². The molecule has 0 saturated carbocycles. The third-order valence-electron chi connectivity index (χ3n) is 3.31. The van der Waals surface area contributed by atoms with E-state index in [2.05, 4.69) is 12.2 Å². The van der Waals surface area contributed by atoms with Gasteiger partial charge >= 0.3 is 0 Å². The van der Waals surface area contributed by atoms with Crippen LogP contribution in [0.4, 0.5) is 0 Å². The van der Waals surface area contributed by atoms with Crippen molar-refractivity contribution in [1.29, 1.82) is 0 Å².